The van der Waals surface area contributed by atoms with Crippen LogP contribution in [-0.2, 0) is 0 Å². The van der Waals surface area contributed by atoms with Crippen LogP contribution in [0.15, 0.2) is 36.5 Å². The van der Waals surface area contributed by atoms with Gasteiger partial charge in [-0.3, -0.25) is 14.9 Å². The smallest absolute Gasteiger partial charge is 0.319 e. The van der Waals surface area contributed by atoms with Crippen LogP contribution in [-0.4, -0.2) is 20.9 Å². The van der Waals surface area contributed by atoms with Gasteiger partial charge >= 0.3 is 5.69 Å². The number of pyridine rings is 1. The van der Waals surface area contributed by atoms with Gasteiger partial charge in [-0.15, -0.1) is 0 Å². The molecule has 1 amide bonds. The van der Waals surface area contributed by atoms with Crippen LogP contribution < -0.4 is 5.32 Å². The molecule has 0 spiro atoms. The Morgan fingerprint density at radius 3 is 2.55 bits per heavy atom. The molecule has 0 fully saturated rings. The van der Waals surface area contributed by atoms with Crippen molar-refractivity contribution in [2.75, 3.05) is 5.32 Å². The molecule has 102 valence electrons. The molecule has 1 aromatic heterocycles. The molecule has 8 heteroatoms. The molecule has 0 saturated heterocycles. The fraction of sp³-hybridized carbons (Fsp3) is 0. The van der Waals surface area contributed by atoms with Gasteiger partial charge in [-0.25, -0.2) is 4.98 Å². The lowest BCUT2D eigenvalue weighted by molar-refractivity contribution is -0.385. The Labute approximate surface area is 118 Å². The van der Waals surface area contributed by atoms with Gasteiger partial charge in [0.1, 0.15) is 11.3 Å². The minimum Gasteiger partial charge on any atom is -0.508 e. The number of rotatable bonds is 3. The van der Waals surface area contributed by atoms with E-state index in [1.807, 2.05) is 0 Å². The summed E-state index contributed by atoms with van der Waals surface area (Å²) < 4.78 is 0. The lowest BCUT2D eigenvalue weighted by Crippen LogP contribution is -2.14. The standard InChI is InChI=1S/C12H8ClN3O4/c13-11-10(16(19)20)9(5-6-14-11)12(18)15-7-1-3-8(17)4-2-7/h1-6,17H,(H,15,18). The van der Waals surface area contributed by atoms with E-state index in [-0.39, 0.29) is 16.5 Å². The molecule has 0 bridgehead atoms. The van der Waals surface area contributed by atoms with Crippen LogP contribution in [0, 0.1) is 10.1 Å². The lowest BCUT2D eigenvalue weighted by Gasteiger charge is -2.06. The van der Waals surface area contributed by atoms with Crippen LogP contribution in [0.2, 0.25) is 5.15 Å². The number of halogens is 1. The van der Waals surface area contributed by atoms with Crippen molar-refractivity contribution in [3.05, 3.63) is 57.4 Å². The van der Waals surface area contributed by atoms with E-state index < -0.39 is 16.5 Å². The number of nitro groups is 1. The zero-order valence-corrected chi connectivity index (χ0v) is 10.7. The molecule has 2 rings (SSSR count). The largest absolute Gasteiger partial charge is 0.508 e. The molecular weight excluding hydrogens is 286 g/mol. The number of amides is 1. The molecule has 0 aliphatic heterocycles. The minimum atomic E-state index is -0.763. The molecule has 0 saturated carbocycles. The predicted molar refractivity (Wildman–Crippen MR) is 72.0 cm³/mol. The van der Waals surface area contributed by atoms with Gasteiger partial charge < -0.3 is 10.4 Å². The van der Waals surface area contributed by atoms with Gasteiger partial charge in [0.15, 0.2) is 0 Å². The number of carbonyl (C=O) groups excluding carboxylic acids is 1. The SMILES string of the molecule is O=C(Nc1ccc(O)cc1)c1ccnc(Cl)c1[N+](=O)[O-]. The first-order valence-electron chi connectivity index (χ1n) is 5.38. The summed E-state index contributed by atoms with van der Waals surface area (Å²) in [5, 5.41) is 22.2. The fourth-order valence-corrected chi connectivity index (χ4v) is 1.76. The molecule has 2 aromatic rings. The third-order valence-electron chi connectivity index (χ3n) is 2.43. The van der Waals surface area contributed by atoms with Gasteiger partial charge in [0.25, 0.3) is 5.91 Å². The van der Waals surface area contributed by atoms with E-state index in [9.17, 15) is 14.9 Å². The third kappa shape index (κ3) is 2.83. The number of anilines is 1. The third-order valence-corrected chi connectivity index (χ3v) is 2.71. The number of hydrogen-bond donors (Lipinski definition) is 2. The van der Waals surface area contributed by atoms with Crippen molar-refractivity contribution in [1.82, 2.24) is 4.98 Å². The second-order valence-corrected chi connectivity index (χ2v) is 4.11. The second-order valence-electron chi connectivity index (χ2n) is 3.76. The molecule has 0 aliphatic rings. The van der Waals surface area contributed by atoms with E-state index in [0.29, 0.717) is 5.69 Å². The van der Waals surface area contributed by atoms with Gasteiger partial charge in [-0.1, -0.05) is 11.6 Å². The molecule has 0 atom stereocenters. The van der Waals surface area contributed by atoms with Crippen molar-refractivity contribution in [3.8, 4) is 5.75 Å². The Hall–Kier alpha value is -2.67. The van der Waals surface area contributed by atoms with Crippen LogP contribution >= 0.6 is 11.6 Å². The van der Waals surface area contributed by atoms with E-state index in [4.69, 9.17) is 16.7 Å². The van der Waals surface area contributed by atoms with Crippen LogP contribution in [0.5, 0.6) is 5.75 Å². The molecule has 0 aliphatic carbocycles. The van der Waals surface area contributed by atoms with E-state index in [1.165, 1.54) is 36.5 Å². The number of aromatic nitrogens is 1. The first kappa shape index (κ1) is 13.8. The second kappa shape index (κ2) is 5.54. The van der Waals surface area contributed by atoms with Crippen molar-refractivity contribution >= 4 is 28.9 Å². The number of phenols is 1. The van der Waals surface area contributed by atoms with E-state index in [0.717, 1.165) is 0 Å². The van der Waals surface area contributed by atoms with Crippen LogP contribution in [0.1, 0.15) is 10.4 Å². The number of benzene rings is 1. The maximum absolute atomic E-state index is 12.0. The first-order chi connectivity index (χ1) is 9.49. The van der Waals surface area contributed by atoms with Gasteiger partial charge in [0, 0.05) is 11.9 Å². The fourth-order valence-electron chi connectivity index (χ4n) is 1.53. The molecule has 0 radical (unpaired) electrons. The van der Waals surface area contributed by atoms with Crippen LogP contribution in [0.4, 0.5) is 11.4 Å². The van der Waals surface area contributed by atoms with Gasteiger partial charge in [0.05, 0.1) is 4.92 Å². The average molecular weight is 294 g/mol. The van der Waals surface area contributed by atoms with E-state index in [1.54, 1.807) is 0 Å². The summed E-state index contributed by atoms with van der Waals surface area (Å²) in [6.45, 7) is 0. The summed E-state index contributed by atoms with van der Waals surface area (Å²) in [7, 11) is 0. The first-order valence-corrected chi connectivity index (χ1v) is 5.76. The topological polar surface area (TPSA) is 105 Å². The number of nitrogens with zero attached hydrogens (tertiary/aromatic N) is 2. The number of phenolic OH excluding ortho intramolecular Hbond substituents is 1. The highest BCUT2D eigenvalue weighted by molar-refractivity contribution is 6.32. The highest BCUT2D eigenvalue weighted by atomic mass is 35.5. The van der Waals surface area contributed by atoms with Crippen LogP contribution in [0.3, 0.4) is 0 Å². The maximum atomic E-state index is 12.0. The van der Waals surface area contributed by atoms with E-state index >= 15 is 0 Å². The Kier molecular flexibility index (Phi) is 3.81. The molecule has 0 unspecified atom stereocenters. The Bertz CT molecular complexity index is 673. The Morgan fingerprint density at radius 2 is 1.95 bits per heavy atom. The summed E-state index contributed by atoms with van der Waals surface area (Å²) in [6.07, 6.45) is 1.21. The molecular formula is C12H8ClN3O4. The summed E-state index contributed by atoms with van der Waals surface area (Å²) in [5.74, 6) is -0.646. The van der Waals surface area contributed by atoms with Crippen molar-refractivity contribution < 1.29 is 14.8 Å². The number of aromatic hydroxyl groups is 1. The predicted octanol–water partition coefficient (Wildman–Crippen LogP) is 2.60. The zero-order valence-electron chi connectivity index (χ0n) is 9.91. The maximum Gasteiger partial charge on any atom is 0.319 e. The minimum absolute atomic E-state index is 0.0425. The molecule has 1 aromatic carbocycles. The van der Waals surface area contributed by atoms with Gasteiger partial charge in [0.2, 0.25) is 5.15 Å². The van der Waals surface area contributed by atoms with Crippen molar-refractivity contribution in [1.29, 1.82) is 0 Å². The summed E-state index contributed by atoms with van der Waals surface area (Å²) in [5.41, 5.74) is -0.358. The van der Waals surface area contributed by atoms with E-state index in [2.05, 4.69) is 10.3 Å². The number of hydrogen-bond acceptors (Lipinski definition) is 5. The van der Waals surface area contributed by atoms with Crippen molar-refractivity contribution in [3.63, 3.8) is 0 Å². The molecule has 20 heavy (non-hydrogen) atoms. The van der Waals surface area contributed by atoms with Gasteiger partial charge in [-0.2, -0.15) is 0 Å². The zero-order chi connectivity index (χ0) is 14.7. The molecule has 7 nitrogen and oxygen atoms in total. The van der Waals surface area contributed by atoms with Gasteiger partial charge in [-0.05, 0) is 30.3 Å². The average Bonchev–Trinajstić information content (AvgIpc) is 2.40. The highest BCUT2D eigenvalue weighted by Gasteiger charge is 2.24. The molecule has 1 heterocycles. The van der Waals surface area contributed by atoms with Crippen LogP contribution in [0.25, 0.3) is 0 Å². The quantitative estimate of drug-likeness (QED) is 0.391. The summed E-state index contributed by atoms with van der Waals surface area (Å²) in [4.78, 5) is 25.7. The lowest BCUT2D eigenvalue weighted by atomic mass is 10.2. The monoisotopic (exact) mass is 293 g/mol. The Balaban J connectivity index is 2.32. The van der Waals surface area contributed by atoms with Crippen molar-refractivity contribution in [2.24, 2.45) is 0 Å². The normalized spacial score (nSPS) is 10.1. The summed E-state index contributed by atoms with van der Waals surface area (Å²) >= 11 is 5.63. The number of carbonyl (C=O) groups is 1. The molecule has 2 N–H and O–H groups in total. The summed E-state index contributed by atoms with van der Waals surface area (Å²) in [6, 6.07) is 6.89. The highest BCUT2D eigenvalue weighted by Crippen LogP contribution is 2.26. The Morgan fingerprint density at radius 1 is 1.30 bits per heavy atom. The number of nitrogens with one attached hydrogen (secondary N) is 1. The van der Waals surface area contributed by atoms with Crippen molar-refractivity contribution in [2.45, 2.75) is 0 Å².